The maximum atomic E-state index is 11.8. The zero-order valence-electron chi connectivity index (χ0n) is 10.3. The summed E-state index contributed by atoms with van der Waals surface area (Å²) < 4.78 is 10.3. The maximum absolute atomic E-state index is 11.8. The Labute approximate surface area is 104 Å². The number of methoxy groups -OCH3 is 2. The van der Waals surface area contributed by atoms with Crippen LogP contribution in [0.3, 0.4) is 0 Å². The molecule has 3 atom stereocenters. The second kappa shape index (κ2) is 6.53. The van der Waals surface area contributed by atoms with Crippen molar-refractivity contribution in [1.82, 2.24) is 10.2 Å². The molecule has 8 nitrogen and oxygen atoms in total. The zero-order valence-corrected chi connectivity index (χ0v) is 10.3. The fourth-order valence-electron chi connectivity index (χ4n) is 1.79. The van der Waals surface area contributed by atoms with E-state index in [1.165, 1.54) is 19.1 Å². The number of amides is 2. The summed E-state index contributed by atoms with van der Waals surface area (Å²) in [5, 5.41) is 19.8. The molecule has 104 valence electrons. The lowest BCUT2D eigenvalue weighted by Crippen LogP contribution is -2.49. The number of likely N-dealkylation sites (tertiary alicyclic amines) is 1. The van der Waals surface area contributed by atoms with Gasteiger partial charge in [0, 0.05) is 14.2 Å². The Morgan fingerprint density at radius 1 is 1.33 bits per heavy atom. The molecule has 3 unspecified atom stereocenters. The minimum Gasteiger partial charge on any atom is -0.480 e. The van der Waals surface area contributed by atoms with Gasteiger partial charge in [0.25, 0.3) is 0 Å². The Bertz CT molecular complexity index is 299. The molecule has 0 bridgehead atoms. The Morgan fingerprint density at radius 3 is 2.17 bits per heavy atom. The number of ether oxygens (including phenoxy) is 2. The first-order valence-corrected chi connectivity index (χ1v) is 5.48. The normalized spacial score (nSPS) is 24.9. The Kier molecular flexibility index (Phi) is 5.32. The molecule has 0 aromatic rings. The van der Waals surface area contributed by atoms with Crippen LogP contribution in [0.1, 0.15) is 0 Å². The number of aliphatic hydroxyl groups is 1. The fourth-order valence-corrected chi connectivity index (χ4v) is 1.79. The van der Waals surface area contributed by atoms with Gasteiger partial charge in [0.05, 0.1) is 19.7 Å². The monoisotopic (exact) mass is 262 g/mol. The highest BCUT2D eigenvalue weighted by atomic mass is 16.5. The summed E-state index contributed by atoms with van der Waals surface area (Å²) >= 11 is 0. The van der Waals surface area contributed by atoms with Gasteiger partial charge in [0.2, 0.25) is 0 Å². The molecule has 1 rings (SSSR count). The largest absolute Gasteiger partial charge is 0.480 e. The lowest BCUT2D eigenvalue weighted by atomic mass is 10.3. The zero-order chi connectivity index (χ0) is 13.7. The van der Waals surface area contributed by atoms with Crippen molar-refractivity contribution in [2.24, 2.45) is 0 Å². The van der Waals surface area contributed by atoms with E-state index in [1.807, 2.05) is 0 Å². The molecule has 1 aliphatic rings. The van der Waals surface area contributed by atoms with Crippen LogP contribution in [0.5, 0.6) is 0 Å². The number of carbonyl (C=O) groups is 2. The molecule has 1 aliphatic heterocycles. The number of hydrogen-bond donors (Lipinski definition) is 3. The Balaban J connectivity index is 2.55. The van der Waals surface area contributed by atoms with Gasteiger partial charge in [0.15, 0.2) is 6.04 Å². The third-order valence-electron chi connectivity index (χ3n) is 2.89. The van der Waals surface area contributed by atoms with Crippen LogP contribution >= 0.6 is 0 Å². The second-order valence-corrected chi connectivity index (χ2v) is 3.98. The van der Waals surface area contributed by atoms with Crippen LogP contribution in [0, 0.1) is 0 Å². The molecule has 0 spiro atoms. The van der Waals surface area contributed by atoms with Gasteiger partial charge < -0.3 is 29.9 Å². The van der Waals surface area contributed by atoms with Gasteiger partial charge in [-0.2, -0.15) is 0 Å². The molecule has 0 aromatic heterocycles. The smallest absolute Gasteiger partial charge is 0.328 e. The molecule has 8 heteroatoms. The lowest BCUT2D eigenvalue weighted by Gasteiger charge is -2.19. The van der Waals surface area contributed by atoms with E-state index in [0.29, 0.717) is 13.1 Å². The van der Waals surface area contributed by atoms with Crippen LogP contribution < -0.4 is 5.32 Å². The van der Waals surface area contributed by atoms with Gasteiger partial charge in [-0.3, -0.25) is 0 Å². The Hall–Kier alpha value is -1.38. The predicted octanol–water partition coefficient (Wildman–Crippen LogP) is -1.51. The number of hydrogen-bond acceptors (Lipinski definition) is 5. The van der Waals surface area contributed by atoms with Gasteiger partial charge in [-0.15, -0.1) is 0 Å². The van der Waals surface area contributed by atoms with E-state index >= 15 is 0 Å². The molecule has 1 fully saturated rings. The molecule has 18 heavy (non-hydrogen) atoms. The number of carboxylic acids is 1. The summed E-state index contributed by atoms with van der Waals surface area (Å²) in [6.07, 6.45) is -0.476. The minimum atomic E-state index is -1.31. The quantitative estimate of drug-likeness (QED) is 0.555. The van der Waals surface area contributed by atoms with Crippen molar-refractivity contribution in [1.29, 1.82) is 0 Å². The molecule has 2 amide bonds. The average molecular weight is 262 g/mol. The van der Waals surface area contributed by atoms with E-state index in [1.54, 1.807) is 0 Å². The molecule has 3 N–H and O–H groups in total. The molecule has 1 heterocycles. The third-order valence-corrected chi connectivity index (χ3v) is 2.89. The van der Waals surface area contributed by atoms with Crippen LogP contribution in [-0.4, -0.2) is 79.3 Å². The van der Waals surface area contributed by atoms with Crippen LogP contribution in [0.15, 0.2) is 0 Å². The summed E-state index contributed by atoms with van der Waals surface area (Å²) in [5.41, 5.74) is 0. The highest BCUT2D eigenvalue weighted by molar-refractivity contribution is 5.82. The summed E-state index contributed by atoms with van der Waals surface area (Å²) in [4.78, 5) is 23.8. The van der Waals surface area contributed by atoms with E-state index in [-0.39, 0.29) is 12.2 Å². The number of carbonyl (C=O) groups excluding carboxylic acids is 1. The number of urea groups is 1. The predicted molar refractivity (Wildman–Crippen MR) is 60.2 cm³/mol. The molecular formula is C10H18N2O6. The van der Waals surface area contributed by atoms with Crippen molar-refractivity contribution < 1.29 is 29.3 Å². The lowest BCUT2D eigenvalue weighted by molar-refractivity contribution is -0.140. The highest BCUT2D eigenvalue weighted by Crippen LogP contribution is 2.15. The molecule has 0 radical (unpaired) electrons. The SMILES string of the molecule is COC1CN(C(=O)NC(CO)C(=O)O)CC1OC. The maximum Gasteiger partial charge on any atom is 0.328 e. The van der Waals surface area contributed by atoms with Gasteiger partial charge in [0.1, 0.15) is 12.2 Å². The number of nitrogens with one attached hydrogen (secondary N) is 1. The van der Waals surface area contributed by atoms with Crippen LogP contribution in [-0.2, 0) is 14.3 Å². The van der Waals surface area contributed by atoms with E-state index in [2.05, 4.69) is 5.32 Å². The number of carboxylic acid groups (broad SMARTS) is 1. The van der Waals surface area contributed by atoms with Gasteiger partial charge >= 0.3 is 12.0 Å². The average Bonchev–Trinajstić information content (AvgIpc) is 2.78. The van der Waals surface area contributed by atoms with E-state index in [0.717, 1.165) is 0 Å². The third kappa shape index (κ3) is 3.31. The van der Waals surface area contributed by atoms with E-state index in [9.17, 15) is 9.59 Å². The summed E-state index contributed by atoms with van der Waals surface area (Å²) in [6, 6.07) is -1.86. The van der Waals surface area contributed by atoms with Crippen LogP contribution in [0.2, 0.25) is 0 Å². The fraction of sp³-hybridized carbons (Fsp3) is 0.800. The van der Waals surface area contributed by atoms with Crippen molar-refractivity contribution in [3.05, 3.63) is 0 Å². The topological polar surface area (TPSA) is 108 Å². The second-order valence-electron chi connectivity index (χ2n) is 3.98. The van der Waals surface area contributed by atoms with Gasteiger partial charge in [-0.05, 0) is 0 Å². The van der Waals surface area contributed by atoms with Crippen LogP contribution in [0.4, 0.5) is 4.79 Å². The van der Waals surface area contributed by atoms with Crippen molar-refractivity contribution in [3.63, 3.8) is 0 Å². The van der Waals surface area contributed by atoms with Gasteiger partial charge in [-0.1, -0.05) is 0 Å². The molecule has 1 saturated heterocycles. The summed E-state index contributed by atoms with van der Waals surface area (Å²) in [7, 11) is 3.04. The molecule has 0 aromatic carbocycles. The standard InChI is InChI=1S/C10H18N2O6/c1-17-7-3-12(4-8(7)18-2)10(16)11-6(5-13)9(14)15/h6-8,13H,3-5H2,1-2H3,(H,11,16)(H,14,15). The van der Waals surface area contributed by atoms with Crippen molar-refractivity contribution in [2.75, 3.05) is 33.9 Å². The van der Waals surface area contributed by atoms with E-state index < -0.39 is 24.6 Å². The van der Waals surface area contributed by atoms with Gasteiger partial charge in [-0.25, -0.2) is 9.59 Å². The minimum absolute atomic E-state index is 0.238. The first kappa shape index (κ1) is 14.7. The molecular weight excluding hydrogens is 244 g/mol. The first-order valence-electron chi connectivity index (χ1n) is 5.48. The van der Waals surface area contributed by atoms with Crippen molar-refractivity contribution >= 4 is 12.0 Å². The number of aliphatic hydroxyl groups excluding tert-OH is 1. The Morgan fingerprint density at radius 2 is 1.83 bits per heavy atom. The van der Waals surface area contributed by atoms with E-state index in [4.69, 9.17) is 19.7 Å². The van der Waals surface area contributed by atoms with Crippen LogP contribution in [0.25, 0.3) is 0 Å². The summed E-state index contributed by atoms with van der Waals surface area (Å²) in [5.74, 6) is -1.28. The number of aliphatic carboxylic acids is 1. The number of rotatable bonds is 5. The molecule has 0 aliphatic carbocycles. The van der Waals surface area contributed by atoms with Crippen molar-refractivity contribution in [2.45, 2.75) is 18.2 Å². The first-order chi connectivity index (χ1) is 8.53. The highest BCUT2D eigenvalue weighted by Gasteiger charge is 2.36. The molecule has 0 saturated carbocycles. The summed E-state index contributed by atoms with van der Waals surface area (Å²) in [6.45, 7) is -0.0203. The van der Waals surface area contributed by atoms with Crippen molar-refractivity contribution in [3.8, 4) is 0 Å². The number of nitrogens with zero attached hydrogens (tertiary/aromatic N) is 1.